The van der Waals surface area contributed by atoms with Crippen molar-refractivity contribution in [1.29, 1.82) is 0 Å². The Labute approximate surface area is 113 Å². The second kappa shape index (κ2) is 5.09. The average Bonchev–Trinajstić information content (AvgIpc) is 2.63. The predicted octanol–water partition coefficient (Wildman–Crippen LogP) is 2.13. The van der Waals surface area contributed by atoms with E-state index >= 15 is 0 Å². The van der Waals surface area contributed by atoms with E-state index in [2.05, 4.69) is 15.9 Å². The third kappa shape index (κ3) is 3.17. The van der Waals surface area contributed by atoms with Crippen molar-refractivity contribution < 1.29 is 17.6 Å². The highest BCUT2D eigenvalue weighted by molar-refractivity contribution is 9.10. The van der Waals surface area contributed by atoms with E-state index in [1.807, 2.05) is 0 Å². The van der Waals surface area contributed by atoms with Crippen molar-refractivity contribution in [3.8, 4) is 0 Å². The fraction of sp³-hybridized carbons (Fsp3) is 0.417. The molecule has 0 bridgehead atoms. The highest BCUT2D eigenvalue weighted by Gasteiger charge is 2.32. The van der Waals surface area contributed by atoms with E-state index < -0.39 is 21.6 Å². The van der Waals surface area contributed by atoms with Crippen LogP contribution in [0.15, 0.2) is 22.7 Å². The molecule has 0 N–H and O–H groups in total. The van der Waals surface area contributed by atoms with Gasteiger partial charge >= 0.3 is 0 Å². The number of halogens is 2. The van der Waals surface area contributed by atoms with E-state index in [9.17, 15) is 17.6 Å². The van der Waals surface area contributed by atoms with Gasteiger partial charge in [-0.05, 0) is 24.1 Å². The summed E-state index contributed by atoms with van der Waals surface area (Å²) in [5.74, 6) is -1.15. The smallest absolute Gasteiger partial charge is 0.151 e. The minimum absolute atomic E-state index is 0.0424. The zero-order valence-corrected chi connectivity index (χ0v) is 11.9. The van der Waals surface area contributed by atoms with Crippen LogP contribution in [0.5, 0.6) is 0 Å². The fourth-order valence-corrected chi connectivity index (χ4v) is 4.16. The van der Waals surface area contributed by atoms with E-state index in [0.29, 0.717) is 16.5 Å². The highest BCUT2D eigenvalue weighted by atomic mass is 79.9. The first kappa shape index (κ1) is 13.7. The Morgan fingerprint density at radius 3 is 2.72 bits per heavy atom. The van der Waals surface area contributed by atoms with Gasteiger partial charge in [-0.1, -0.05) is 22.0 Å². The Hall–Kier alpha value is -0.750. The highest BCUT2D eigenvalue weighted by Crippen LogP contribution is 2.22. The quantitative estimate of drug-likeness (QED) is 0.850. The van der Waals surface area contributed by atoms with Crippen LogP contribution >= 0.6 is 15.9 Å². The number of Topliss-reactive ketones (excluding diaryl/α,β-unsaturated/α-hetero) is 1. The first-order valence-corrected chi connectivity index (χ1v) is 8.16. The molecular weight excluding hydrogens is 323 g/mol. The number of benzene rings is 1. The van der Waals surface area contributed by atoms with Gasteiger partial charge in [0.2, 0.25) is 0 Å². The van der Waals surface area contributed by atoms with Gasteiger partial charge in [-0.25, -0.2) is 12.8 Å². The summed E-state index contributed by atoms with van der Waals surface area (Å²) in [6.45, 7) is 0. The normalized spacial score (nSPS) is 22.0. The van der Waals surface area contributed by atoms with Crippen LogP contribution in [-0.4, -0.2) is 25.7 Å². The standard InChI is InChI=1S/C12H12BrFO3S/c13-10-2-1-8(11(14)6-10)5-12(15)9-3-4-18(16,17)7-9/h1-2,6,9H,3-5,7H2. The summed E-state index contributed by atoms with van der Waals surface area (Å²) in [4.78, 5) is 11.9. The second-order valence-corrected chi connectivity index (χ2v) is 7.62. The lowest BCUT2D eigenvalue weighted by Crippen LogP contribution is -2.18. The van der Waals surface area contributed by atoms with Gasteiger partial charge < -0.3 is 0 Å². The Bertz CT molecular complexity index is 583. The minimum Gasteiger partial charge on any atom is -0.299 e. The number of carbonyl (C=O) groups is 1. The summed E-state index contributed by atoms with van der Waals surface area (Å²) in [7, 11) is -3.07. The molecule has 1 saturated heterocycles. The third-order valence-corrected chi connectivity index (χ3v) is 5.33. The minimum atomic E-state index is -3.07. The van der Waals surface area contributed by atoms with Crippen molar-refractivity contribution in [3.05, 3.63) is 34.1 Å². The molecule has 0 aliphatic carbocycles. The van der Waals surface area contributed by atoms with E-state index in [1.165, 1.54) is 6.07 Å². The monoisotopic (exact) mass is 334 g/mol. The molecule has 18 heavy (non-hydrogen) atoms. The van der Waals surface area contributed by atoms with Crippen LogP contribution < -0.4 is 0 Å². The summed E-state index contributed by atoms with van der Waals surface area (Å²) in [6.07, 6.45) is 0.318. The molecule has 1 fully saturated rings. The van der Waals surface area contributed by atoms with Gasteiger partial charge in [-0.15, -0.1) is 0 Å². The lowest BCUT2D eigenvalue weighted by Gasteiger charge is -2.07. The Morgan fingerprint density at radius 1 is 1.44 bits per heavy atom. The number of sulfone groups is 1. The predicted molar refractivity (Wildman–Crippen MR) is 69.6 cm³/mol. The van der Waals surface area contributed by atoms with Gasteiger partial charge in [-0.2, -0.15) is 0 Å². The first-order valence-electron chi connectivity index (χ1n) is 5.54. The largest absolute Gasteiger partial charge is 0.299 e. The molecule has 1 heterocycles. The molecule has 0 aromatic heterocycles. The summed E-state index contributed by atoms with van der Waals surface area (Å²) >= 11 is 3.14. The Morgan fingerprint density at radius 2 is 2.17 bits per heavy atom. The molecule has 3 nitrogen and oxygen atoms in total. The van der Waals surface area contributed by atoms with Gasteiger partial charge in [0, 0.05) is 16.8 Å². The molecule has 6 heteroatoms. The summed E-state index contributed by atoms with van der Waals surface area (Å²) in [5.41, 5.74) is 0.312. The van der Waals surface area contributed by atoms with Crippen molar-refractivity contribution in [1.82, 2.24) is 0 Å². The van der Waals surface area contributed by atoms with E-state index in [1.54, 1.807) is 12.1 Å². The maximum absolute atomic E-state index is 13.5. The van der Waals surface area contributed by atoms with Gasteiger partial charge in [0.1, 0.15) is 11.6 Å². The molecule has 0 amide bonds. The lowest BCUT2D eigenvalue weighted by atomic mass is 9.97. The van der Waals surface area contributed by atoms with Crippen LogP contribution in [0.1, 0.15) is 12.0 Å². The first-order chi connectivity index (χ1) is 8.37. The zero-order chi connectivity index (χ0) is 13.3. The molecule has 1 atom stereocenters. The van der Waals surface area contributed by atoms with Crippen molar-refractivity contribution in [2.24, 2.45) is 5.92 Å². The second-order valence-electron chi connectivity index (χ2n) is 4.48. The topological polar surface area (TPSA) is 51.2 Å². The van der Waals surface area contributed by atoms with Crippen LogP contribution in [0.25, 0.3) is 0 Å². The number of carbonyl (C=O) groups excluding carboxylic acids is 1. The van der Waals surface area contributed by atoms with Crippen LogP contribution in [0.2, 0.25) is 0 Å². The van der Waals surface area contributed by atoms with Gasteiger partial charge in [-0.3, -0.25) is 4.79 Å². The van der Waals surface area contributed by atoms with Crippen LogP contribution in [0, 0.1) is 11.7 Å². The summed E-state index contributed by atoms with van der Waals surface area (Å²) in [6, 6.07) is 4.51. The maximum Gasteiger partial charge on any atom is 0.151 e. The fourth-order valence-electron chi connectivity index (χ4n) is 2.05. The summed E-state index contributed by atoms with van der Waals surface area (Å²) in [5, 5.41) is 0. The number of rotatable bonds is 3. The lowest BCUT2D eigenvalue weighted by molar-refractivity contribution is -0.121. The average molecular weight is 335 g/mol. The molecule has 98 valence electrons. The van der Waals surface area contributed by atoms with Crippen molar-refractivity contribution in [2.45, 2.75) is 12.8 Å². The van der Waals surface area contributed by atoms with Gasteiger partial charge in [0.15, 0.2) is 9.84 Å². The van der Waals surface area contributed by atoms with Crippen molar-refractivity contribution in [3.63, 3.8) is 0 Å². The number of ketones is 1. The molecule has 1 aliphatic heterocycles. The molecule has 0 saturated carbocycles. The molecule has 1 aromatic carbocycles. The molecule has 0 radical (unpaired) electrons. The number of hydrogen-bond donors (Lipinski definition) is 0. The van der Waals surface area contributed by atoms with E-state index in [0.717, 1.165) is 0 Å². The van der Waals surface area contributed by atoms with Crippen molar-refractivity contribution >= 4 is 31.6 Å². The Balaban J connectivity index is 2.08. The Kier molecular flexibility index (Phi) is 3.87. The van der Waals surface area contributed by atoms with Crippen LogP contribution in [0.4, 0.5) is 4.39 Å². The SMILES string of the molecule is O=C(Cc1ccc(Br)cc1F)C1CCS(=O)(=O)C1. The third-order valence-electron chi connectivity index (χ3n) is 3.07. The summed E-state index contributed by atoms with van der Waals surface area (Å²) < 4.78 is 36.7. The van der Waals surface area contributed by atoms with Crippen LogP contribution in [0.3, 0.4) is 0 Å². The van der Waals surface area contributed by atoms with Crippen molar-refractivity contribution in [2.75, 3.05) is 11.5 Å². The van der Waals surface area contributed by atoms with Gasteiger partial charge in [0.25, 0.3) is 0 Å². The van der Waals surface area contributed by atoms with Gasteiger partial charge in [0.05, 0.1) is 11.5 Å². The van der Waals surface area contributed by atoms with Crippen LogP contribution in [-0.2, 0) is 21.1 Å². The molecule has 0 spiro atoms. The molecule has 1 unspecified atom stereocenters. The molecule has 1 aliphatic rings. The van der Waals surface area contributed by atoms with E-state index in [4.69, 9.17) is 0 Å². The molecular formula is C12H12BrFO3S. The zero-order valence-electron chi connectivity index (χ0n) is 9.53. The molecule has 1 aromatic rings. The van der Waals surface area contributed by atoms with E-state index in [-0.39, 0.29) is 23.7 Å². The molecule has 2 rings (SSSR count). The number of hydrogen-bond acceptors (Lipinski definition) is 3. The maximum atomic E-state index is 13.5.